The minimum Gasteiger partial charge on any atom is -0.360 e. The molecule has 2 N–H and O–H groups in total. The monoisotopic (exact) mass is 365 g/mol. The number of nitrogens with one attached hydrogen (secondary N) is 2. The van der Waals surface area contributed by atoms with Gasteiger partial charge in [-0.2, -0.15) is 0 Å². The van der Waals surface area contributed by atoms with E-state index in [2.05, 4.69) is 20.8 Å². The molecule has 8 heteroatoms. The number of nitrogens with zero attached hydrogens (tertiary/aromatic N) is 3. The van der Waals surface area contributed by atoms with Gasteiger partial charge in [-0.1, -0.05) is 23.4 Å². The Morgan fingerprint density at radius 1 is 1.11 bits per heavy atom. The predicted octanol–water partition coefficient (Wildman–Crippen LogP) is 3.02. The molecule has 3 heterocycles. The highest BCUT2D eigenvalue weighted by molar-refractivity contribution is 6.06. The fraction of sp³-hybridized carbons (Fsp3) is 0.263. The summed E-state index contributed by atoms with van der Waals surface area (Å²) in [6.45, 7) is 2.40. The number of anilines is 2. The summed E-state index contributed by atoms with van der Waals surface area (Å²) < 4.78 is 6.79. The number of para-hydroxylation sites is 1. The maximum atomic E-state index is 12.7. The Balaban J connectivity index is 1.63. The first-order valence-electron chi connectivity index (χ1n) is 8.82. The Morgan fingerprint density at radius 2 is 1.93 bits per heavy atom. The second kappa shape index (κ2) is 7.06. The van der Waals surface area contributed by atoms with Crippen molar-refractivity contribution in [3.63, 3.8) is 0 Å². The average Bonchev–Trinajstić information content (AvgIpc) is 3.26. The zero-order valence-electron chi connectivity index (χ0n) is 14.9. The van der Waals surface area contributed by atoms with Crippen LogP contribution in [0.1, 0.15) is 45.4 Å². The molecule has 138 valence electrons. The molecular formula is C19H19N5O3. The minimum atomic E-state index is -0.412. The van der Waals surface area contributed by atoms with Crippen LogP contribution in [0.15, 0.2) is 40.9 Å². The lowest BCUT2D eigenvalue weighted by Gasteiger charge is -2.16. The number of carbonyl (C=O) groups is 2. The van der Waals surface area contributed by atoms with Crippen molar-refractivity contribution in [1.29, 1.82) is 0 Å². The molecule has 1 aliphatic rings. The molecular weight excluding hydrogens is 346 g/mol. The molecule has 2 aromatic heterocycles. The van der Waals surface area contributed by atoms with Crippen LogP contribution in [-0.4, -0.2) is 26.5 Å². The zero-order valence-corrected chi connectivity index (χ0v) is 14.9. The van der Waals surface area contributed by atoms with Gasteiger partial charge in [0.15, 0.2) is 17.3 Å². The highest BCUT2D eigenvalue weighted by Gasteiger charge is 2.28. The van der Waals surface area contributed by atoms with E-state index in [1.165, 1.54) is 0 Å². The van der Waals surface area contributed by atoms with Crippen molar-refractivity contribution in [2.24, 2.45) is 0 Å². The third kappa shape index (κ3) is 3.46. The first-order chi connectivity index (χ1) is 13.1. The SMILES string of the molecule is Cc1cc(NC(=O)c2nc(C(=O)Nc3ccccc3)c3n2CCCC3)no1. The summed E-state index contributed by atoms with van der Waals surface area (Å²) in [5, 5.41) is 9.28. The number of carbonyl (C=O) groups excluding carboxylic acids is 2. The van der Waals surface area contributed by atoms with E-state index in [0.29, 0.717) is 35.9 Å². The van der Waals surface area contributed by atoms with Crippen LogP contribution in [0, 0.1) is 6.92 Å². The lowest BCUT2D eigenvalue weighted by atomic mass is 10.1. The van der Waals surface area contributed by atoms with Crippen molar-refractivity contribution in [3.8, 4) is 0 Å². The van der Waals surface area contributed by atoms with Crippen LogP contribution in [0.2, 0.25) is 0 Å². The molecule has 1 aliphatic heterocycles. The van der Waals surface area contributed by atoms with Gasteiger partial charge in [-0.3, -0.25) is 9.59 Å². The lowest BCUT2D eigenvalue weighted by molar-refractivity contribution is 0.101. The molecule has 2 amide bonds. The van der Waals surface area contributed by atoms with Gasteiger partial charge >= 0.3 is 0 Å². The number of hydrogen-bond acceptors (Lipinski definition) is 5. The van der Waals surface area contributed by atoms with E-state index in [4.69, 9.17) is 4.52 Å². The predicted molar refractivity (Wildman–Crippen MR) is 98.8 cm³/mol. The molecule has 8 nitrogen and oxygen atoms in total. The fourth-order valence-corrected chi connectivity index (χ4v) is 3.21. The van der Waals surface area contributed by atoms with Crippen molar-refractivity contribution in [3.05, 3.63) is 59.4 Å². The van der Waals surface area contributed by atoms with Crippen LogP contribution in [0.3, 0.4) is 0 Å². The number of aromatic nitrogens is 3. The van der Waals surface area contributed by atoms with E-state index in [1.54, 1.807) is 25.1 Å². The molecule has 4 rings (SSSR count). The van der Waals surface area contributed by atoms with Gasteiger partial charge in [0.05, 0.1) is 5.69 Å². The van der Waals surface area contributed by atoms with Crippen molar-refractivity contribution in [2.45, 2.75) is 32.7 Å². The summed E-state index contributed by atoms with van der Waals surface area (Å²) >= 11 is 0. The average molecular weight is 365 g/mol. The van der Waals surface area contributed by atoms with Crippen molar-refractivity contribution in [1.82, 2.24) is 14.7 Å². The quantitative estimate of drug-likeness (QED) is 0.740. The minimum absolute atomic E-state index is 0.212. The summed E-state index contributed by atoms with van der Waals surface area (Å²) in [4.78, 5) is 29.8. The van der Waals surface area contributed by atoms with E-state index in [1.807, 2.05) is 22.8 Å². The molecule has 0 bridgehead atoms. The number of rotatable bonds is 4. The Kier molecular flexibility index (Phi) is 4.45. The summed E-state index contributed by atoms with van der Waals surface area (Å²) in [7, 11) is 0. The number of fused-ring (bicyclic) bond motifs is 1. The largest absolute Gasteiger partial charge is 0.360 e. The van der Waals surface area contributed by atoms with Crippen LogP contribution >= 0.6 is 0 Å². The second-order valence-electron chi connectivity index (χ2n) is 6.44. The van der Waals surface area contributed by atoms with Crippen LogP contribution in [0.5, 0.6) is 0 Å². The van der Waals surface area contributed by atoms with E-state index in [9.17, 15) is 9.59 Å². The number of imidazole rings is 1. The molecule has 0 fully saturated rings. The highest BCUT2D eigenvalue weighted by atomic mass is 16.5. The topological polar surface area (TPSA) is 102 Å². The van der Waals surface area contributed by atoms with Crippen molar-refractivity contribution < 1.29 is 14.1 Å². The van der Waals surface area contributed by atoms with Gasteiger partial charge in [-0.15, -0.1) is 0 Å². The summed E-state index contributed by atoms with van der Waals surface area (Å²) in [5.74, 6) is 0.399. The molecule has 0 unspecified atom stereocenters. The Morgan fingerprint density at radius 3 is 2.67 bits per heavy atom. The zero-order chi connectivity index (χ0) is 18.8. The van der Waals surface area contributed by atoms with Gasteiger partial charge in [0.25, 0.3) is 11.8 Å². The molecule has 0 saturated carbocycles. The van der Waals surface area contributed by atoms with Gasteiger partial charge in [0.1, 0.15) is 5.76 Å². The maximum absolute atomic E-state index is 12.7. The standard InChI is InChI=1S/C19H19N5O3/c1-12-11-15(23-27-12)21-19(26)17-22-16(14-9-5-6-10-24(14)17)18(25)20-13-7-3-2-4-8-13/h2-4,7-8,11H,5-6,9-10H2,1H3,(H,20,25)(H,21,23,26). The van der Waals surface area contributed by atoms with Gasteiger partial charge in [-0.25, -0.2) is 4.98 Å². The number of hydrogen-bond donors (Lipinski definition) is 2. The third-order valence-electron chi connectivity index (χ3n) is 4.44. The second-order valence-corrected chi connectivity index (χ2v) is 6.44. The van der Waals surface area contributed by atoms with Gasteiger partial charge in [-0.05, 0) is 38.3 Å². The Hall–Kier alpha value is -3.42. The number of amides is 2. The highest BCUT2D eigenvalue weighted by Crippen LogP contribution is 2.23. The number of aryl methyl sites for hydroxylation is 1. The fourth-order valence-electron chi connectivity index (χ4n) is 3.21. The first-order valence-corrected chi connectivity index (χ1v) is 8.82. The van der Waals surface area contributed by atoms with Gasteiger partial charge < -0.3 is 19.7 Å². The van der Waals surface area contributed by atoms with Crippen molar-refractivity contribution in [2.75, 3.05) is 10.6 Å². The Bertz CT molecular complexity index is 990. The molecule has 0 spiro atoms. The smallest absolute Gasteiger partial charge is 0.292 e. The normalized spacial score (nSPS) is 13.1. The van der Waals surface area contributed by atoms with E-state index in [0.717, 1.165) is 18.5 Å². The first kappa shape index (κ1) is 17.0. The molecule has 3 aromatic rings. The summed E-state index contributed by atoms with van der Waals surface area (Å²) in [6.07, 6.45) is 2.61. The van der Waals surface area contributed by atoms with Gasteiger partial charge in [0, 0.05) is 18.3 Å². The summed E-state index contributed by atoms with van der Waals surface area (Å²) in [6, 6.07) is 10.8. The molecule has 0 aliphatic carbocycles. The van der Waals surface area contributed by atoms with E-state index >= 15 is 0 Å². The van der Waals surface area contributed by atoms with Gasteiger partial charge in [0.2, 0.25) is 0 Å². The molecule has 0 atom stereocenters. The summed E-state index contributed by atoms with van der Waals surface area (Å²) in [5.41, 5.74) is 1.76. The molecule has 1 aromatic carbocycles. The van der Waals surface area contributed by atoms with Crippen molar-refractivity contribution >= 4 is 23.3 Å². The number of benzene rings is 1. The lowest BCUT2D eigenvalue weighted by Crippen LogP contribution is -2.21. The van der Waals surface area contributed by atoms with Crippen LogP contribution in [-0.2, 0) is 13.0 Å². The maximum Gasteiger partial charge on any atom is 0.292 e. The van der Waals surface area contributed by atoms with Crippen LogP contribution in [0.25, 0.3) is 0 Å². The molecule has 0 radical (unpaired) electrons. The van der Waals surface area contributed by atoms with E-state index < -0.39 is 5.91 Å². The molecule has 27 heavy (non-hydrogen) atoms. The van der Waals surface area contributed by atoms with Crippen LogP contribution in [0.4, 0.5) is 11.5 Å². The van der Waals surface area contributed by atoms with Crippen LogP contribution < -0.4 is 10.6 Å². The Labute approximate surface area is 155 Å². The third-order valence-corrected chi connectivity index (χ3v) is 4.44. The molecule has 0 saturated heterocycles. The van der Waals surface area contributed by atoms with E-state index in [-0.39, 0.29) is 11.7 Å².